The summed E-state index contributed by atoms with van der Waals surface area (Å²) in [4.78, 5) is 47.7. The van der Waals surface area contributed by atoms with E-state index < -0.39 is 18.0 Å². The number of Topliss-reactive ketones (excluding diaryl/α,β-unsaturated/α-hetero) is 2. The van der Waals surface area contributed by atoms with Crippen LogP contribution in [-0.2, 0) is 14.4 Å². The Labute approximate surface area is 274 Å². The number of hydrogen-bond acceptors (Lipinski definition) is 5. The van der Waals surface area contributed by atoms with Crippen LogP contribution in [0.2, 0.25) is 0 Å². The second-order valence-electron chi connectivity index (χ2n) is 11.8. The van der Waals surface area contributed by atoms with Crippen LogP contribution >= 0.6 is 0 Å². The number of rotatable bonds is 11. The minimum atomic E-state index is -0.688. The largest absolute Gasteiger partial charge is 0.298 e. The van der Waals surface area contributed by atoms with Gasteiger partial charge in [-0.2, -0.15) is 5.43 Å². The Hall–Kier alpha value is -5.72. The highest BCUT2D eigenvalue weighted by atomic mass is 16.2. The first-order valence-corrected chi connectivity index (χ1v) is 15.8. The highest BCUT2D eigenvalue weighted by molar-refractivity contribution is 6.23. The van der Waals surface area contributed by atoms with Crippen LogP contribution in [0, 0.1) is 0 Å². The van der Waals surface area contributed by atoms with Gasteiger partial charge in [-0.15, -0.1) is 0 Å². The molecule has 5 aromatic rings. The van der Waals surface area contributed by atoms with Crippen LogP contribution in [-0.4, -0.2) is 29.4 Å². The monoisotopic (exact) mass is 615 g/mol. The fourth-order valence-electron chi connectivity index (χ4n) is 6.63. The lowest BCUT2D eigenvalue weighted by atomic mass is 9.82. The summed E-state index contributed by atoms with van der Waals surface area (Å²) in [6, 6.07) is 48.0. The summed E-state index contributed by atoms with van der Waals surface area (Å²) in [6.45, 7) is 0. The molecule has 6 nitrogen and oxygen atoms in total. The van der Waals surface area contributed by atoms with Gasteiger partial charge < -0.3 is 0 Å². The van der Waals surface area contributed by atoms with Gasteiger partial charge in [0.25, 0.3) is 5.91 Å². The van der Waals surface area contributed by atoms with Crippen molar-refractivity contribution in [3.8, 4) is 0 Å². The maximum atomic E-state index is 14.4. The molecule has 47 heavy (non-hydrogen) atoms. The van der Waals surface area contributed by atoms with E-state index in [2.05, 4.69) is 5.43 Å². The first-order valence-electron chi connectivity index (χ1n) is 15.8. The molecule has 1 atom stereocenters. The highest BCUT2D eigenvalue weighted by Crippen LogP contribution is 2.37. The highest BCUT2D eigenvalue weighted by Gasteiger charge is 2.44. The Kier molecular flexibility index (Phi) is 8.50. The lowest BCUT2D eigenvalue weighted by molar-refractivity contribution is -0.119. The molecule has 5 aromatic carbocycles. The number of nitrogens with zero attached hydrogens (tertiary/aromatic N) is 2. The first-order chi connectivity index (χ1) is 23.1. The van der Waals surface area contributed by atoms with Gasteiger partial charge in [0.2, 0.25) is 0 Å². The van der Waals surface area contributed by atoms with Crippen LogP contribution in [0.4, 0.5) is 5.69 Å². The Morgan fingerprint density at radius 1 is 0.574 bits per heavy atom. The van der Waals surface area contributed by atoms with Gasteiger partial charge in [0.15, 0.2) is 5.78 Å². The van der Waals surface area contributed by atoms with Crippen molar-refractivity contribution in [2.24, 2.45) is 4.99 Å². The summed E-state index contributed by atoms with van der Waals surface area (Å²) in [5, 5.41) is 1.48. The van der Waals surface area contributed by atoms with E-state index in [1.54, 1.807) is 0 Å². The quantitative estimate of drug-likeness (QED) is 0.171. The second-order valence-corrected chi connectivity index (χ2v) is 11.8. The summed E-state index contributed by atoms with van der Waals surface area (Å²) < 4.78 is 0. The Bertz CT molecular complexity index is 1880. The molecule has 0 aromatic heterocycles. The Morgan fingerprint density at radius 3 is 1.38 bits per heavy atom. The van der Waals surface area contributed by atoms with Gasteiger partial charge in [-0.1, -0.05) is 140 Å². The lowest BCUT2D eigenvalue weighted by Gasteiger charge is -2.21. The predicted molar refractivity (Wildman–Crippen MR) is 184 cm³/mol. The van der Waals surface area contributed by atoms with Crippen molar-refractivity contribution < 1.29 is 14.4 Å². The van der Waals surface area contributed by atoms with Gasteiger partial charge >= 0.3 is 0 Å². The van der Waals surface area contributed by atoms with Gasteiger partial charge in [0.1, 0.15) is 11.9 Å². The zero-order chi connectivity index (χ0) is 32.2. The molecule has 1 amide bonds. The fraction of sp³-hybridized carbons (Fsp3) is 0.122. The van der Waals surface area contributed by atoms with Crippen molar-refractivity contribution in [1.82, 2.24) is 5.43 Å². The van der Waals surface area contributed by atoms with Crippen LogP contribution in [0.15, 0.2) is 168 Å². The van der Waals surface area contributed by atoms with Crippen LogP contribution in [0.5, 0.6) is 0 Å². The van der Waals surface area contributed by atoms with E-state index in [4.69, 9.17) is 4.99 Å². The number of nitrogens with one attached hydrogen (secondary N) is 1. The van der Waals surface area contributed by atoms with E-state index in [1.807, 2.05) is 152 Å². The number of hydrogen-bond donors (Lipinski definition) is 1. The third kappa shape index (κ3) is 6.11. The van der Waals surface area contributed by atoms with Crippen molar-refractivity contribution in [3.63, 3.8) is 0 Å². The molecular weight excluding hydrogens is 582 g/mol. The Balaban J connectivity index is 1.26. The van der Waals surface area contributed by atoms with Crippen molar-refractivity contribution in [3.05, 3.63) is 185 Å². The standard InChI is InChI=1S/C41H33N3O3/c45-35(37(28-16-6-1-7-17-28)29-18-8-2-9-19-29)26-33-34(42-40-39(33)41(47)44(43-40)32-24-14-5-15-25-32)27-36(46)38(30-20-10-3-11-21-30)31-22-12-4-13-23-31/h1-25,37-38,40,43H,26-27H2/t40-/m1/s1. The molecule has 0 radical (unpaired) electrons. The second kappa shape index (κ2) is 13.3. The number of para-hydroxylation sites is 1. The Morgan fingerprint density at radius 2 is 0.957 bits per heavy atom. The van der Waals surface area contributed by atoms with E-state index in [0.29, 0.717) is 22.5 Å². The van der Waals surface area contributed by atoms with Crippen molar-refractivity contribution in [2.45, 2.75) is 30.8 Å². The minimum absolute atomic E-state index is 0.0152. The SMILES string of the molecule is O=C(CC1=N[C@@H]2NN(c3ccccc3)C(=O)C2=C1CC(=O)C(c1ccccc1)c1ccccc1)C(c1ccccc1)c1ccccc1. The number of carbonyl (C=O) groups is 3. The number of anilines is 1. The topological polar surface area (TPSA) is 78.8 Å². The fourth-order valence-corrected chi connectivity index (χ4v) is 6.63. The normalized spacial score (nSPS) is 15.7. The van der Waals surface area contributed by atoms with E-state index in [0.717, 1.165) is 22.3 Å². The van der Waals surface area contributed by atoms with Crippen LogP contribution < -0.4 is 10.4 Å². The van der Waals surface area contributed by atoms with E-state index in [9.17, 15) is 14.4 Å². The van der Waals surface area contributed by atoms with Crippen molar-refractivity contribution in [2.75, 3.05) is 5.01 Å². The van der Waals surface area contributed by atoms with Crippen molar-refractivity contribution >= 4 is 28.9 Å². The number of fused-ring (bicyclic) bond motifs is 1. The molecule has 2 aliphatic heterocycles. The maximum absolute atomic E-state index is 14.4. The average molecular weight is 616 g/mol. The summed E-state index contributed by atoms with van der Waals surface area (Å²) in [5.74, 6) is -1.46. The predicted octanol–water partition coefficient (Wildman–Crippen LogP) is 7.20. The molecule has 0 spiro atoms. The molecule has 6 heteroatoms. The van der Waals surface area contributed by atoms with E-state index >= 15 is 0 Å². The first kappa shape index (κ1) is 30.0. The molecule has 7 rings (SSSR count). The van der Waals surface area contributed by atoms with Gasteiger partial charge in [0, 0.05) is 18.6 Å². The van der Waals surface area contributed by atoms with Gasteiger partial charge in [-0.05, 0) is 40.0 Å². The molecule has 1 saturated heterocycles. The molecule has 0 bridgehead atoms. The number of benzene rings is 5. The number of allylic oxidation sites excluding steroid dienone is 1. The van der Waals surface area contributed by atoms with E-state index in [1.165, 1.54) is 5.01 Å². The molecule has 1 N–H and O–H groups in total. The third-order valence-electron chi connectivity index (χ3n) is 8.80. The number of carbonyl (C=O) groups excluding carboxylic acids is 3. The summed E-state index contributed by atoms with van der Waals surface area (Å²) in [7, 11) is 0. The van der Waals surface area contributed by atoms with Gasteiger partial charge in [-0.3, -0.25) is 19.4 Å². The van der Waals surface area contributed by atoms with Gasteiger partial charge in [-0.25, -0.2) is 5.01 Å². The molecule has 0 aliphatic carbocycles. The number of amides is 1. The summed E-state index contributed by atoms with van der Waals surface area (Å²) in [5.41, 5.74) is 8.83. The maximum Gasteiger partial charge on any atom is 0.272 e. The molecular formula is C41H33N3O3. The zero-order valence-electron chi connectivity index (χ0n) is 25.7. The van der Waals surface area contributed by atoms with Crippen LogP contribution in [0.25, 0.3) is 0 Å². The third-order valence-corrected chi connectivity index (χ3v) is 8.80. The molecule has 2 heterocycles. The minimum Gasteiger partial charge on any atom is -0.298 e. The average Bonchev–Trinajstić information content (AvgIpc) is 3.62. The smallest absolute Gasteiger partial charge is 0.272 e. The summed E-state index contributed by atoms with van der Waals surface area (Å²) >= 11 is 0. The molecule has 0 unspecified atom stereocenters. The summed E-state index contributed by atoms with van der Waals surface area (Å²) in [6.07, 6.45) is -0.741. The van der Waals surface area contributed by atoms with Crippen LogP contribution in [0.3, 0.4) is 0 Å². The number of hydrazine groups is 1. The lowest BCUT2D eigenvalue weighted by Crippen LogP contribution is -2.37. The van der Waals surface area contributed by atoms with Crippen LogP contribution in [0.1, 0.15) is 46.9 Å². The molecule has 0 saturated carbocycles. The zero-order valence-corrected chi connectivity index (χ0v) is 25.7. The molecule has 2 aliphatic rings. The van der Waals surface area contributed by atoms with E-state index in [-0.39, 0.29) is 30.3 Å². The number of aliphatic imine (C=N–C) groups is 1. The molecule has 1 fully saturated rings. The van der Waals surface area contributed by atoms with Crippen molar-refractivity contribution in [1.29, 1.82) is 0 Å². The van der Waals surface area contributed by atoms with Gasteiger partial charge in [0.05, 0.1) is 23.1 Å². The number of ketones is 2. The molecule has 230 valence electrons.